The standard InChI is InChI=1S/C15H13ClF3N3O/c16-11-3-1-2-10(8-11)12-9-22(6-7-23-12)14-20-5-4-13(21-14)15(17,18)19/h1-5,8,12H,6-7,9H2. The van der Waals surface area contributed by atoms with E-state index in [1.807, 2.05) is 6.07 Å². The lowest BCUT2D eigenvalue weighted by Crippen LogP contribution is -2.39. The number of aromatic nitrogens is 2. The lowest BCUT2D eigenvalue weighted by atomic mass is 10.1. The van der Waals surface area contributed by atoms with Crippen LogP contribution >= 0.6 is 11.6 Å². The largest absolute Gasteiger partial charge is 0.433 e. The molecule has 0 saturated carbocycles. The Hall–Kier alpha value is -1.86. The molecule has 4 nitrogen and oxygen atoms in total. The molecule has 0 amide bonds. The van der Waals surface area contributed by atoms with Gasteiger partial charge in [-0.25, -0.2) is 9.97 Å². The molecule has 1 aliphatic heterocycles. The molecule has 0 N–H and O–H groups in total. The van der Waals surface area contributed by atoms with Crippen molar-refractivity contribution in [1.82, 2.24) is 9.97 Å². The summed E-state index contributed by atoms with van der Waals surface area (Å²) >= 11 is 5.97. The average Bonchev–Trinajstić information content (AvgIpc) is 2.54. The molecule has 1 aliphatic rings. The highest BCUT2D eigenvalue weighted by Gasteiger charge is 2.34. The van der Waals surface area contributed by atoms with Crippen LogP contribution in [-0.4, -0.2) is 29.7 Å². The van der Waals surface area contributed by atoms with Crippen molar-refractivity contribution >= 4 is 17.5 Å². The van der Waals surface area contributed by atoms with Crippen molar-refractivity contribution in [2.75, 3.05) is 24.6 Å². The van der Waals surface area contributed by atoms with Gasteiger partial charge in [-0.2, -0.15) is 13.2 Å². The van der Waals surface area contributed by atoms with Gasteiger partial charge in [0.1, 0.15) is 11.8 Å². The van der Waals surface area contributed by atoms with E-state index in [0.29, 0.717) is 24.7 Å². The zero-order chi connectivity index (χ0) is 16.4. The van der Waals surface area contributed by atoms with E-state index >= 15 is 0 Å². The second kappa shape index (κ2) is 6.33. The summed E-state index contributed by atoms with van der Waals surface area (Å²) in [6.45, 7) is 1.16. The van der Waals surface area contributed by atoms with Gasteiger partial charge < -0.3 is 9.64 Å². The van der Waals surface area contributed by atoms with Crippen LogP contribution in [0.25, 0.3) is 0 Å². The van der Waals surface area contributed by atoms with Gasteiger partial charge in [0, 0.05) is 17.8 Å². The van der Waals surface area contributed by atoms with E-state index < -0.39 is 11.9 Å². The van der Waals surface area contributed by atoms with E-state index in [1.165, 1.54) is 0 Å². The van der Waals surface area contributed by atoms with Crippen LogP contribution in [0.5, 0.6) is 0 Å². The Morgan fingerprint density at radius 2 is 2.09 bits per heavy atom. The molecule has 1 aromatic heterocycles. The summed E-state index contributed by atoms with van der Waals surface area (Å²) in [7, 11) is 0. The summed E-state index contributed by atoms with van der Waals surface area (Å²) in [6, 6.07) is 8.07. The maximum Gasteiger partial charge on any atom is 0.433 e. The van der Waals surface area contributed by atoms with Crippen molar-refractivity contribution in [3.8, 4) is 0 Å². The molecule has 2 heterocycles. The Morgan fingerprint density at radius 1 is 1.26 bits per heavy atom. The van der Waals surface area contributed by atoms with Crippen molar-refractivity contribution in [1.29, 1.82) is 0 Å². The molecule has 1 aromatic carbocycles. The zero-order valence-electron chi connectivity index (χ0n) is 11.9. The number of halogens is 4. The van der Waals surface area contributed by atoms with Crippen LogP contribution in [0.2, 0.25) is 5.02 Å². The first-order valence-electron chi connectivity index (χ1n) is 6.96. The molecule has 122 valence electrons. The van der Waals surface area contributed by atoms with E-state index in [1.54, 1.807) is 23.1 Å². The van der Waals surface area contributed by atoms with E-state index in [0.717, 1.165) is 17.8 Å². The van der Waals surface area contributed by atoms with Gasteiger partial charge in [0.05, 0.1) is 13.2 Å². The summed E-state index contributed by atoms with van der Waals surface area (Å²) in [5, 5.41) is 0.582. The minimum atomic E-state index is -4.49. The van der Waals surface area contributed by atoms with Gasteiger partial charge in [0.2, 0.25) is 5.95 Å². The number of benzene rings is 1. The maximum atomic E-state index is 12.8. The smallest absolute Gasteiger partial charge is 0.370 e. The minimum Gasteiger partial charge on any atom is -0.370 e. The van der Waals surface area contributed by atoms with Gasteiger partial charge in [0.15, 0.2) is 0 Å². The van der Waals surface area contributed by atoms with Gasteiger partial charge >= 0.3 is 6.18 Å². The van der Waals surface area contributed by atoms with Crippen molar-refractivity contribution in [3.63, 3.8) is 0 Å². The number of anilines is 1. The van der Waals surface area contributed by atoms with Crippen molar-refractivity contribution in [2.45, 2.75) is 12.3 Å². The van der Waals surface area contributed by atoms with Gasteiger partial charge in [-0.05, 0) is 23.8 Å². The first-order chi connectivity index (χ1) is 10.9. The van der Waals surface area contributed by atoms with E-state index in [-0.39, 0.29) is 12.1 Å². The van der Waals surface area contributed by atoms with Crippen LogP contribution in [-0.2, 0) is 10.9 Å². The number of hydrogen-bond donors (Lipinski definition) is 0. The summed E-state index contributed by atoms with van der Waals surface area (Å²) in [4.78, 5) is 9.26. The zero-order valence-corrected chi connectivity index (χ0v) is 12.7. The highest BCUT2D eigenvalue weighted by molar-refractivity contribution is 6.30. The van der Waals surface area contributed by atoms with Gasteiger partial charge in [-0.1, -0.05) is 23.7 Å². The Morgan fingerprint density at radius 3 is 2.83 bits per heavy atom. The van der Waals surface area contributed by atoms with Crippen LogP contribution < -0.4 is 4.90 Å². The number of rotatable bonds is 2. The number of hydrogen-bond acceptors (Lipinski definition) is 4. The normalized spacial score (nSPS) is 19.0. The van der Waals surface area contributed by atoms with Crippen LogP contribution in [0.3, 0.4) is 0 Å². The lowest BCUT2D eigenvalue weighted by molar-refractivity contribution is -0.141. The first kappa shape index (κ1) is 16.0. The van der Waals surface area contributed by atoms with Crippen LogP contribution in [0.1, 0.15) is 17.4 Å². The lowest BCUT2D eigenvalue weighted by Gasteiger charge is -2.33. The minimum absolute atomic E-state index is 0.0511. The number of alkyl halides is 3. The molecule has 0 radical (unpaired) electrons. The fourth-order valence-electron chi connectivity index (χ4n) is 2.40. The molecular formula is C15H13ClF3N3O. The third-order valence-electron chi connectivity index (χ3n) is 3.50. The van der Waals surface area contributed by atoms with Crippen molar-refractivity contribution in [2.24, 2.45) is 0 Å². The van der Waals surface area contributed by atoms with E-state index in [2.05, 4.69) is 9.97 Å². The molecule has 8 heteroatoms. The summed E-state index contributed by atoms with van der Waals surface area (Å²) in [5.41, 5.74) is -0.0810. The topological polar surface area (TPSA) is 38.2 Å². The molecule has 1 saturated heterocycles. The van der Waals surface area contributed by atoms with Crippen LogP contribution in [0, 0.1) is 0 Å². The monoisotopic (exact) mass is 343 g/mol. The van der Waals surface area contributed by atoms with Crippen LogP contribution in [0.15, 0.2) is 36.5 Å². The third kappa shape index (κ3) is 3.73. The van der Waals surface area contributed by atoms with Crippen molar-refractivity contribution < 1.29 is 17.9 Å². The molecule has 1 atom stereocenters. The molecule has 0 aliphatic carbocycles. The Labute approximate surface area is 135 Å². The average molecular weight is 344 g/mol. The van der Waals surface area contributed by atoms with Gasteiger partial charge in [0.25, 0.3) is 0 Å². The first-order valence-corrected chi connectivity index (χ1v) is 7.33. The summed E-state index contributed by atoms with van der Waals surface area (Å²) in [6.07, 6.45) is -3.66. The predicted molar refractivity (Wildman–Crippen MR) is 79.4 cm³/mol. The van der Waals surface area contributed by atoms with Gasteiger partial charge in [-0.15, -0.1) is 0 Å². The third-order valence-corrected chi connectivity index (χ3v) is 3.74. The summed E-state index contributed by atoms with van der Waals surface area (Å²) in [5.74, 6) is 0.0511. The number of morpholine rings is 1. The molecule has 1 fully saturated rings. The fourth-order valence-corrected chi connectivity index (χ4v) is 2.60. The molecule has 3 rings (SSSR count). The Bertz CT molecular complexity index is 696. The molecule has 23 heavy (non-hydrogen) atoms. The molecule has 1 unspecified atom stereocenters. The van der Waals surface area contributed by atoms with Gasteiger partial charge in [-0.3, -0.25) is 0 Å². The maximum absolute atomic E-state index is 12.8. The Balaban J connectivity index is 1.81. The predicted octanol–water partition coefficient (Wildman–Crippen LogP) is 3.73. The SMILES string of the molecule is FC(F)(F)c1ccnc(N2CCOC(c3cccc(Cl)c3)C2)n1. The van der Waals surface area contributed by atoms with E-state index in [4.69, 9.17) is 16.3 Å². The second-order valence-corrected chi connectivity index (χ2v) is 5.54. The molecule has 0 bridgehead atoms. The van der Waals surface area contributed by atoms with Crippen LogP contribution in [0.4, 0.5) is 19.1 Å². The summed E-state index contributed by atoms with van der Waals surface area (Å²) < 4.78 is 44.0. The molecular weight excluding hydrogens is 331 g/mol. The molecule has 2 aromatic rings. The van der Waals surface area contributed by atoms with Crippen molar-refractivity contribution in [3.05, 3.63) is 52.8 Å². The number of ether oxygens (including phenoxy) is 1. The van der Waals surface area contributed by atoms with E-state index in [9.17, 15) is 13.2 Å². The Kier molecular flexibility index (Phi) is 4.41. The fraction of sp³-hybridized carbons (Fsp3) is 0.333. The quantitative estimate of drug-likeness (QED) is 0.833. The highest BCUT2D eigenvalue weighted by Crippen LogP contribution is 2.30. The number of nitrogens with zero attached hydrogens (tertiary/aromatic N) is 3. The highest BCUT2D eigenvalue weighted by atomic mass is 35.5. The second-order valence-electron chi connectivity index (χ2n) is 5.10. The molecule has 0 spiro atoms.